The fraction of sp³-hybridized carbons (Fsp3) is 0.538. The zero-order chi connectivity index (χ0) is 12.7. The van der Waals surface area contributed by atoms with Gasteiger partial charge in [0.05, 0.1) is 0 Å². The van der Waals surface area contributed by atoms with E-state index in [1.165, 1.54) is 6.07 Å². The van der Waals surface area contributed by atoms with Crippen molar-refractivity contribution in [3.8, 4) is 0 Å². The Morgan fingerprint density at radius 3 is 2.71 bits per heavy atom. The number of halogens is 2. The monoisotopic (exact) mass is 259 g/mol. The highest BCUT2D eigenvalue weighted by molar-refractivity contribution is 7.98. The van der Waals surface area contributed by atoms with Crippen LogP contribution in [0.4, 0.5) is 8.78 Å². The Labute approximate surface area is 106 Å². The van der Waals surface area contributed by atoms with Crippen LogP contribution in [-0.2, 0) is 6.54 Å². The second-order valence-corrected chi connectivity index (χ2v) is 4.90. The Hall–Kier alpha value is -0.610. The first-order valence-electron chi connectivity index (χ1n) is 5.76. The van der Waals surface area contributed by atoms with Gasteiger partial charge in [-0.3, -0.25) is 0 Å². The summed E-state index contributed by atoms with van der Waals surface area (Å²) < 4.78 is 25.0. The molecule has 0 aliphatic rings. The summed E-state index contributed by atoms with van der Waals surface area (Å²) in [6.07, 6.45) is 0.736. The van der Waals surface area contributed by atoms with Crippen LogP contribution in [0, 0.1) is 0 Å². The first-order valence-corrected chi connectivity index (χ1v) is 7.16. The summed E-state index contributed by atoms with van der Waals surface area (Å²) in [5, 5.41) is 3.39. The van der Waals surface area contributed by atoms with Gasteiger partial charge in [0.1, 0.15) is 0 Å². The van der Waals surface area contributed by atoms with E-state index in [1.54, 1.807) is 23.9 Å². The molecule has 0 radical (unpaired) electrons. The summed E-state index contributed by atoms with van der Waals surface area (Å²) in [5.74, 6) is 1.05. The van der Waals surface area contributed by atoms with Gasteiger partial charge in [-0.2, -0.15) is 11.8 Å². The van der Waals surface area contributed by atoms with Crippen LogP contribution in [0.5, 0.6) is 0 Å². The fourth-order valence-corrected chi connectivity index (χ4v) is 2.38. The maximum atomic E-state index is 12.5. The summed E-state index contributed by atoms with van der Waals surface area (Å²) in [7, 11) is 0. The molecule has 1 aromatic rings. The number of rotatable bonds is 7. The molecule has 1 unspecified atom stereocenters. The fourth-order valence-electron chi connectivity index (χ4n) is 1.62. The predicted octanol–water partition coefficient (Wildman–Crippen LogP) is 3.86. The van der Waals surface area contributed by atoms with E-state index < -0.39 is 6.43 Å². The lowest BCUT2D eigenvalue weighted by atomic mass is 10.1. The molecule has 0 saturated heterocycles. The van der Waals surface area contributed by atoms with Crippen molar-refractivity contribution < 1.29 is 8.78 Å². The average molecular weight is 259 g/mol. The van der Waals surface area contributed by atoms with Crippen LogP contribution in [0.15, 0.2) is 24.3 Å². The summed E-state index contributed by atoms with van der Waals surface area (Å²) >= 11 is 1.79. The van der Waals surface area contributed by atoms with Crippen molar-refractivity contribution in [3.63, 3.8) is 0 Å². The minimum absolute atomic E-state index is 0.0993. The number of alkyl halides is 2. The van der Waals surface area contributed by atoms with Crippen molar-refractivity contribution in [2.45, 2.75) is 32.4 Å². The van der Waals surface area contributed by atoms with Gasteiger partial charge >= 0.3 is 0 Å². The molecule has 0 aliphatic heterocycles. The van der Waals surface area contributed by atoms with Gasteiger partial charge in [-0.1, -0.05) is 25.1 Å². The highest BCUT2D eigenvalue weighted by Gasteiger charge is 2.08. The lowest BCUT2D eigenvalue weighted by molar-refractivity contribution is 0.151. The van der Waals surface area contributed by atoms with E-state index in [1.807, 2.05) is 6.07 Å². The van der Waals surface area contributed by atoms with E-state index in [4.69, 9.17) is 0 Å². The molecule has 1 nitrogen and oxygen atoms in total. The number of thioether (sulfide) groups is 1. The number of hydrogen-bond donors (Lipinski definition) is 1. The molecule has 0 heterocycles. The van der Waals surface area contributed by atoms with Crippen LogP contribution in [0.1, 0.15) is 30.9 Å². The zero-order valence-corrected chi connectivity index (χ0v) is 11.1. The van der Waals surface area contributed by atoms with E-state index in [-0.39, 0.29) is 5.56 Å². The second-order valence-electron chi connectivity index (χ2n) is 3.99. The SMILES string of the molecule is CCC(CSC)NCc1cccc(C(F)F)c1. The summed E-state index contributed by atoms with van der Waals surface area (Å²) in [5.41, 5.74) is 1.02. The Bertz CT molecular complexity index is 331. The van der Waals surface area contributed by atoms with Gasteiger partial charge < -0.3 is 5.32 Å². The largest absolute Gasteiger partial charge is 0.309 e. The third-order valence-corrected chi connectivity index (χ3v) is 3.39. The number of benzene rings is 1. The molecular weight excluding hydrogens is 240 g/mol. The Balaban J connectivity index is 2.53. The Morgan fingerprint density at radius 2 is 2.12 bits per heavy atom. The Morgan fingerprint density at radius 1 is 1.35 bits per heavy atom. The van der Waals surface area contributed by atoms with Gasteiger partial charge in [0.2, 0.25) is 0 Å². The quantitative estimate of drug-likeness (QED) is 0.798. The van der Waals surface area contributed by atoms with Crippen LogP contribution in [0.2, 0.25) is 0 Å². The van der Waals surface area contributed by atoms with Crippen LogP contribution >= 0.6 is 11.8 Å². The number of nitrogens with one attached hydrogen (secondary N) is 1. The molecule has 0 saturated carbocycles. The standard InChI is InChI=1S/C13H19F2NS/c1-3-12(9-17-2)16-8-10-5-4-6-11(7-10)13(14)15/h4-7,12-13,16H,3,8-9H2,1-2H3. The van der Waals surface area contributed by atoms with Crippen molar-refractivity contribution in [1.82, 2.24) is 5.32 Å². The van der Waals surface area contributed by atoms with Crippen molar-refractivity contribution in [3.05, 3.63) is 35.4 Å². The maximum absolute atomic E-state index is 12.5. The van der Waals surface area contributed by atoms with Crippen molar-refractivity contribution in [2.24, 2.45) is 0 Å². The molecule has 96 valence electrons. The molecule has 0 aliphatic carbocycles. The van der Waals surface area contributed by atoms with E-state index in [0.29, 0.717) is 12.6 Å². The molecule has 0 amide bonds. The molecular formula is C13H19F2NS. The third-order valence-electron chi connectivity index (χ3n) is 2.66. The molecule has 17 heavy (non-hydrogen) atoms. The molecule has 1 aromatic carbocycles. The van der Waals surface area contributed by atoms with E-state index in [0.717, 1.165) is 17.7 Å². The summed E-state index contributed by atoms with van der Waals surface area (Å²) in [6.45, 7) is 2.78. The normalized spacial score (nSPS) is 13.0. The lowest BCUT2D eigenvalue weighted by Gasteiger charge is -2.16. The first kappa shape index (κ1) is 14.5. The van der Waals surface area contributed by atoms with Crippen LogP contribution in [0.25, 0.3) is 0 Å². The van der Waals surface area contributed by atoms with E-state index in [9.17, 15) is 8.78 Å². The van der Waals surface area contributed by atoms with Gasteiger partial charge in [-0.05, 0) is 24.3 Å². The van der Waals surface area contributed by atoms with Gasteiger partial charge in [0, 0.05) is 23.9 Å². The highest BCUT2D eigenvalue weighted by Crippen LogP contribution is 2.19. The predicted molar refractivity (Wildman–Crippen MR) is 70.7 cm³/mol. The average Bonchev–Trinajstić information content (AvgIpc) is 2.34. The number of hydrogen-bond acceptors (Lipinski definition) is 2. The third kappa shape index (κ3) is 5.04. The van der Waals surface area contributed by atoms with Crippen molar-refractivity contribution >= 4 is 11.8 Å². The van der Waals surface area contributed by atoms with Gasteiger partial charge in [0.15, 0.2) is 0 Å². The van der Waals surface area contributed by atoms with E-state index >= 15 is 0 Å². The lowest BCUT2D eigenvalue weighted by Crippen LogP contribution is -2.30. The minimum Gasteiger partial charge on any atom is -0.309 e. The maximum Gasteiger partial charge on any atom is 0.263 e. The molecule has 1 rings (SSSR count). The topological polar surface area (TPSA) is 12.0 Å². The molecule has 0 fully saturated rings. The van der Waals surface area contributed by atoms with Gasteiger partial charge in [-0.25, -0.2) is 8.78 Å². The molecule has 0 spiro atoms. The molecule has 0 bridgehead atoms. The van der Waals surface area contributed by atoms with Gasteiger partial charge in [0.25, 0.3) is 6.43 Å². The molecule has 4 heteroatoms. The highest BCUT2D eigenvalue weighted by atomic mass is 32.2. The molecule has 1 atom stereocenters. The van der Waals surface area contributed by atoms with E-state index in [2.05, 4.69) is 18.5 Å². The zero-order valence-electron chi connectivity index (χ0n) is 10.2. The van der Waals surface area contributed by atoms with Gasteiger partial charge in [-0.15, -0.1) is 0 Å². The summed E-state index contributed by atoms with van der Waals surface area (Å²) in [4.78, 5) is 0. The van der Waals surface area contributed by atoms with Crippen molar-refractivity contribution in [2.75, 3.05) is 12.0 Å². The smallest absolute Gasteiger partial charge is 0.263 e. The van der Waals surface area contributed by atoms with Crippen LogP contribution in [-0.4, -0.2) is 18.1 Å². The second kappa shape index (κ2) is 7.67. The molecule has 0 aromatic heterocycles. The van der Waals surface area contributed by atoms with Crippen LogP contribution in [0.3, 0.4) is 0 Å². The van der Waals surface area contributed by atoms with Crippen molar-refractivity contribution in [1.29, 1.82) is 0 Å². The summed E-state index contributed by atoms with van der Waals surface area (Å²) in [6, 6.07) is 7.05. The first-order chi connectivity index (χ1) is 8.17. The van der Waals surface area contributed by atoms with Crippen LogP contribution < -0.4 is 5.32 Å². The Kier molecular flexibility index (Phi) is 6.52. The molecule has 1 N–H and O–H groups in total. The minimum atomic E-state index is -2.39.